The van der Waals surface area contributed by atoms with E-state index >= 15 is 0 Å². The minimum Gasteiger partial charge on any atom is -0.507 e. The van der Waals surface area contributed by atoms with Crippen molar-refractivity contribution in [2.75, 3.05) is 20.1 Å². The molecule has 0 unspecified atom stereocenters. The Kier molecular flexibility index (Phi) is 9.06. The number of hydrogen-bond acceptors (Lipinski definition) is 9. The molecule has 0 heterocycles. The number of aromatic hydroxyl groups is 2. The van der Waals surface area contributed by atoms with Gasteiger partial charge < -0.3 is 31.1 Å². The van der Waals surface area contributed by atoms with Gasteiger partial charge in [0.25, 0.3) is 20.0 Å². The van der Waals surface area contributed by atoms with E-state index in [1.165, 1.54) is 84.9 Å². The molecule has 264 valence electrons. The summed E-state index contributed by atoms with van der Waals surface area (Å²) < 4.78 is 57.1. The van der Waals surface area contributed by atoms with Crippen molar-refractivity contribution >= 4 is 82.3 Å². The van der Waals surface area contributed by atoms with Crippen molar-refractivity contribution in [2.45, 2.75) is 9.79 Å². The summed E-state index contributed by atoms with van der Waals surface area (Å²) in [4.78, 5) is 34.9. The number of sulfonamides is 2. The third-order valence-corrected chi connectivity index (χ3v) is 10.4. The monoisotopic (exact) mass is 742 g/mol. The summed E-state index contributed by atoms with van der Waals surface area (Å²) in [7, 11) is -8.57. The Morgan fingerprint density at radius 1 is 0.481 bits per heavy atom. The van der Waals surface area contributed by atoms with Gasteiger partial charge in [-0.15, -0.1) is 0 Å². The number of carbonyl (C=O) groups is 3. The van der Waals surface area contributed by atoms with Gasteiger partial charge in [-0.3, -0.25) is 9.44 Å². The molecule has 0 spiro atoms. The van der Waals surface area contributed by atoms with E-state index in [-0.39, 0.29) is 76.7 Å². The Hall–Kier alpha value is -6.85. The summed E-state index contributed by atoms with van der Waals surface area (Å²) in [5.74, 6) is -3.22. The van der Waals surface area contributed by atoms with Crippen LogP contribution < -0.4 is 20.1 Å². The van der Waals surface area contributed by atoms with Crippen LogP contribution in [0, 0.1) is 0 Å². The zero-order chi connectivity index (χ0) is 37.4. The Labute approximate surface area is 294 Å². The SMILES string of the molecule is O=C(Nc1ccc2c(O)cc(S(=O)(=O)Nc3cccc(C(=O)O)c3)cc2c1)Nc1ccc2c(O)cc(S(=O)(=O)Nc3cccc(C(=O)O)c3)cc2c1. The minimum atomic E-state index is -4.28. The number of carboxylic acid groups (broad SMARTS) is 2. The Morgan fingerprint density at radius 3 is 1.27 bits per heavy atom. The van der Waals surface area contributed by atoms with Gasteiger partial charge in [0.1, 0.15) is 11.5 Å². The molecular weight excluding hydrogens is 717 g/mol. The van der Waals surface area contributed by atoms with Crippen LogP contribution in [-0.4, -0.2) is 55.2 Å². The molecule has 0 radical (unpaired) electrons. The average Bonchev–Trinajstić information content (AvgIpc) is 3.07. The Morgan fingerprint density at radius 2 is 0.885 bits per heavy atom. The number of phenols is 2. The van der Waals surface area contributed by atoms with E-state index < -0.39 is 38.0 Å². The van der Waals surface area contributed by atoms with Gasteiger partial charge in [0.15, 0.2) is 0 Å². The maximum atomic E-state index is 13.1. The van der Waals surface area contributed by atoms with Crippen molar-refractivity contribution in [1.29, 1.82) is 0 Å². The number of hydrogen-bond donors (Lipinski definition) is 8. The van der Waals surface area contributed by atoms with Gasteiger partial charge >= 0.3 is 18.0 Å². The molecule has 6 aromatic carbocycles. The number of carbonyl (C=O) groups excluding carboxylic acids is 1. The van der Waals surface area contributed by atoms with E-state index in [2.05, 4.69) is 20.1 Å². The summed E-state index contributed by atoms with van der Waals surface area (Å²) in [6.07, 6.45) is 0. The van der Waals surface area contributed by atoms with Gasteiger partial charge in [0, 0.05) is 45.7 Å². The molecule has 0 aliphatic rings. The highest BCUT2D eigenvalue weighted by molar-refractivity contribution is 7.93. The van der Waals surface area contributed by atoms with E-state index in [4.69, 9.17) is 0 Å². The van der Waals surface area contributed by atoms with Crippen LogP contribution >= 0.6 is 0 Å². The molecule has 8 N–H and O–H groups in total. The van der Waals surface area contributed by atoms with E-state index in [9.17, 15) is 51.6 Å². The highest BCUT2D eigenvalue weighted by Gasteiger charge is 2.20. The lowest BCUT2D eigenvalue weighted by atomic mass is 10.1. The molecular formula is C35H26N4O11S2. The lowest BCUT2D eigenvalue weighted by Crippen LogP contribution is -2.19. The van der Waals surface area contributed by atoms with Crippen LogP contribution in [-0.2, 0) is 20.0 Å². The van der Waals surface area contributed by atoms with Gasteiger partial charge in [-0.1, -0.05) is 12.1 Å². The largest absolute Gasteiger partial charge is 0.507 e. The second-order valence-electron chi connectivity index (χ2n) is 11.3. The molecule has 0 aromatic heterocycles. The van der Waals surface area contributed by atoms with Crippen LogP contribution in [0.1, 0.15) is 20.7 Å². The minimum absolute atomic E-state index is 0.00624. The number of amides is 2. The molecule has 0 aliphatic heterocycles. The van der Waals surface area contributed by atoms with Gasteiger partial charge in [-0.2, -0.15) is 0 Å². The third-order valence-electron chi connectivity index (χ3n) is 7.67. The topological polar surface area (TPSA) is 249 Å². The Bertz CT molecular complexity index is 2500. The van der Waals surface area contributed by atoms with E-state index in [0.29, 0.717) is 0 Å². The molecule has 0 fully saturated rings. The van der Waals surface area contributed by atoms with Crippen molar-refractivity contribution in [3.8, 4) is 11.5 Å². The zero-order valence-electron chi connectivity index (χ0n) is 26.4. The van der Waals surface area contributed by atoms with Crippen LogP contribution in [0.5, 0.6) is 11.5 Å². The fourth-order valence-corrected chi connectivity index (χ4v) is 7.47. The van der Waals surface area contributed by atoms with Gasteiger partial charge in [0.05, 0.1) is 20.9 Å². The van der Waals surface area contributed by atoms with Crippen LogP contribution in [0.4, 0.5) is 27.5 Å². The van der Waals surface area contributed by atoms with Gasteiger partial charge in [-0.05, 0) is 95.7 Å². The van der Waals surface area contributed by atoms with Crippen LogP contribution in [0.3, 0.4) is 0 Å². The number of anilines is 4. The predicted molar refractivity (Wildman–Crippen MR) is 192 cm³/mol. The fraction of sp³-hybridized carbons (Fsp3) is 0. The van der Waals surface area contributed by atoms with E-state index in [1.807, 2.05) is 0 Å². The first-order chi connectivity index (χ1) is 24.6. The van der Waals surface area contributed by atoms with E-state index in [0.717, 1.165) is 24.3 Å². The number of carboxylic acids is 2. The van der Waals surface area contributed by atoms with E-state index in [1.54, 1.807) is 0 Å². The van der Waals surface area contributed by atoms with Crippen molar-refractivity contribution in [3.05, 3.63) is 120 Å². The number of benzene rings is 6. The van der Waals surface area contributed by atoms with Gasteiger partial charge in [-0.25, -0.2) is 31.2 Å². The first-order valence-electron chi connectivity index (χ1n) is 14.9. The molecule has 17 heteroatoms. The van der Waals surface area contributed by atoms with Crippen LogP contribution in [0.25, 0.3) is 21.5 Å². The lowest BCUT2D eigenvalue weighted by molar-refractivity contribution is 0.0686. The van der Waals surface area contributed by atoms with Crippen molar-refractivity contribution in [3.63, 3.8) is 0 Å². The second-order valence-corrected chi connectivity index (χ2v) is 14.7. The molecule has 15 nitrogen and oxygen atoms in total. The summed E-state index contributed by atoms with van der Waals surface area (Å²) in [5, 5.41) is 45.9. The second kappa shape index (κ2) is 13.5. The predicted octanol–water partition coefficient (Wildman–Crippen LogP) is 6.05. The molecule has 2 amide bonds. The quantitative estimate of drug-likeness (QED) is 0.0803. The number of phenolic OH excluding ortho intramolecular Hbond substituents is 2. The van der Waals surface area contributed by atoms with Gasteiger partial charge in [0.2, 0.25) is 0 Å². The first-order valence-corrected chi connectivity index (χ1v) is 17.9. The summed E-state index contributed by atoms with van der Waals surface area (Å²) >= 11 is 0. The summed E-state index contributed by atoms with van der Waals surface area (Å²) in [6.45, 7) is 0. The molecule has 0 saturated carbocycles. The molecule has 52 heavy (non-hydrogen) atoms. The van der Waals surface area contributed by atoms with Crippen LogP contribution in [0.2, 0.25) is 0 Å². The normalized spacial score (nSPS) is 11.5. The maximum absolute atomic E-state index is 13.1. The Balaban J connectivity index is 1.21. The van der Waals surface area contributed by atoms with Crippen LogP contribution in [0.15, 0.2) is 119 Å². The molecule has 6 rings (SSSR count). The summed E-state index contributed by atoms with van der Waals surface area (Å²) in [5.41, 5.74) is 0.147. The third kappa shape index (κ3) is 7.49. The zero-order valence-corrected chi connectivity index (χ0v) is 28.0. The molecule has 0 atom stereocenters. The molecule has 0 saturated heterocycles. The van der Waals surface area contributed by atoms with Crippen molar-refractivity contribution in [1.82, 2.24) is 0 Å². The number of urea groups is 1. The number of rotatable bonds is 10. The highest BCUT2D eigenvalue weighted by Crippen LogP contribution is 2.33. The van der Waals surface area contributed by atoms with Crippen molar-refractivity contribution in [2.24, 2.45) is 0 Å². The lowest BCUT2D eigenvalue weighted by Gasteiger charge is -2.13. The number of nitrogens with one attached hydrogen (secondary N) is 4. The summed E-state index contributed by atoms with van der Waals surface area (Å²) in [6, 6.07) is 22.9. The van der Waals surface area contributed by atoms with Crippen molar-refractivity contribution < 1.29 is 51.6 Å². The smallest absolute Gasteiger partial charge is 0.335 e. The highest BCUT2D eigenvalue weighted by atomic mass is 32.2. The molecule has 0 bridgehead atoms. The first kappa shape index (κ1) is 35.0. The molecule has 6 aromatic rings. The number of aromatic carboxylic acids is 2. The maximum Gasteiger partial charge on any atom is 0.335 e. The standard InChI is InChI=1S/C35H26N4O11S2/c40-31-17-27(51(47,48)38-25-5-1-3-19(11-25)33(42)43)15-21-13-23(7-9-29(21)31)36-35(46)37-24-8-10-30-22(14-24)16-28(18-32(30)41)52(49,50)39-26-6-2-4-20(12-26)34(44)45/h1-18,38-41H,(H,42,43)(H,44,45)(H2,36,37,46). The number of fused-ring (bicyclic) bond motifs is 2. The fourth-order valence-electron chi connectivity index (χ4n) is 5.26. The average molecular weight is 743 g/mol. The molecule has 0 aliphatic carbocycles.